The number of amides is 2. The molecule has 2 amide bonds. The Morgan fingerprint density at radius 2 is 1.16 bits per heavy atom. The Bertz CT molecular complexity index is 1040. The van der Waals surface area contributed by atoms with Crippen molar-refractivity contribution in [1.82, 2.24) is 5.32 Å². The highest BCUT2D eigenvalue weighted by molar-refractivity contribution is 5.94. The van der Waals surface area contributed by atoms with E-state index in [1.165, 1.54) is 12.1 Å². The highest BCUT2D eigenvalue weighted by Crippen LogP contribution is 2.31. The van der Waals surface area contributed by atoms with E-state index in [0.717, 1.165) is 12.1 Å². The fourth-order valence-electron chi connectivity index (χ4n) is 2.68. The maximum atomic E-state index is 12.6. The SMILES string of the molecule is O=C(CNCC(=O)Nc1ccc(Oc2ccc(C(F)(F)F)cc2)cc1)Nc1ccccc1. The third-order valence-electron chi connectivity index (χ3n) is 4.18. The van der Waals surface area contributed by atoms with Crippen LogP contribution in [0.1, 0.15) is 5.56 Å². The van der Waals surface area contributed by atoms with Gasteiger partial charge in [0.05, 0.1) is 18.7 Å². The molecule has 0 saturated heterocycles. The lowest BCUT2D eigenvalue weighted by Gasteiger charge is -2.10. The van der Waals surface area contributed by atoms with Crippen LogP contribution in [0.3, 0.4) is 0 Å². The number of hydrogen-bond acceptors (Lipinski definition) is 4. The second-order valence-electron chi connectivity index (χ2n) is 6.71. The number of para-hydroxylation sites is 1. The van der Waals surface area contributed by atoms with Crippen LogP contribution in [-0.2, 0) is 15.8 Å². The summed E-state index contributed by atoms with van der Waals surface area (Å²) in [7, 11) is 0. The van der Waals surface area contributed by atoms with Crippen LogP contribution in [0.4, 0.5) is 24.5 Å². The Hall–Kier alpha value is -3.85. The number of benzene rings is 3. The van der Waals surface area contributed by atoms with Gasteiger partial charge in [-0.15, -0.1) is 0 Å². The number of carbonyl (C=O) groups is 2. The largest absolute Gasteiger partial charge is 0.457 e. The zero-order valence-corrected chi connectivity index (χ0v) is 16.8. The number of anilines is 2. The highest BCUT2D eigenvalue weighted by atomic mass is 19.4. The molecule has 0 aliphatic heterocycles. The topological polar surface area (TPSA) is 79.5 Å². The van der Waals surface area contributed by atoms with E-state index in [1.807, 2.05) is 6.07 Å². The number of alkyl halides is 3. The van der Waals surface area contributed by atoms with Crippen molar-refractivity contribution in [3.8, 4) is 11.5 Å². The standard InChI is InChI=1S/C23H20F3N3O3/c24-23(25,26)16-6-10-19(11-7-16)32-20-12-8-18(9-13-20)29-22(31)15-27-14-21(30)28-17-4-2-1-3-5-17/h1-13,27H,14-15H2,(H,28,30)(H,29,31). The normalized spacial score (nSPS) is 11.0. The van der Waals surface area contributed by atoms with Gasteiger partial charge >= 0.3 is 6.18 Å². The van der Waals surface area contributed by atoms with Crippen molar-refractivity contribution in [2.75, 3.05) is 23.7 Å². The first-order valence-electron chi connectivity index (χ1n) is 9.60. The average Bonchev–Trinajstić information content (AvgIpc) is 2.75. The lowest BCUT2D eigenvalue weighted by atomic mass is 10.2. The molecule has 3 aromatic carbocycles. The van der Waals surface area contributed by atoms with Crippen molar-refractivity contribution in [3.05, 3.63) is 84.4 Å². The van der Waals surface area contributed by atoms with E-state index in [4.69, 9.17) is 4.74 Å². The predicted octanol–water partition coefficient (Wildman–Crippen LogP) is 4.66. The monoisotopic (exact) mass is 443 g/mol. The Labute approximate surface area is 182 Å². The van der Waals surface area contributed by atoms with Gasteiger partial charge in [-0.2, -0.15) is 13.2 Å². The molecule has 0 aromatic heterocycles. The van der Waals surface area contributed by atoms with Crippen molar-refractivity contribution in [2.24, 2.45) is 0 Å². The van der Waals surface area contributed by atoms with E-state index in [-0.39, 0.29) is 30.7 Å². The molecule has 0 atom stereocenters. The van der Waals surface area contributed by atoms with Gasteiger partial charge in [-0.1, -0.05) is 18.2 Å². The summed E-state index contributed by atoms with van der Waals surface area (Å²) >= 11 is 0. The van der Waals surface area contributed by atoms with Crippen molar-refractivity contribution in [3.63, 3.8) is 0 Å². The number of halogens is 3. The molecule has 0 aliphatic carbocycles. The number of carbonyl (C=O) groups excluding carboxylic acids is 2. The first-order chi connectivity index (χ1) is 15.3. The van der Waals surface area contributed by atoms with Gasteiger partial charge in [0, 0.05) is 11.4 Å². The molecule has 0 saturated carbocycles. The fraction of sp³-hybridized carbons (Fsp3) is 0.130. The molecule has 0 aliphatic rings. The zero-order chi connectivity index (χ0) is 23.0. The van der Waals surface area contributed by atoms with Crippen LogP contribution < -0.4 is 20.7 Å². The van der Waals surface area contributed by atoms with Crippen molar-refractivity contribution >= 4 is 23.2 Å². The van der Waals surface area contributed by atoms with Gasteiger partial charge in [0.1, 0.15) is 11.5 Å². The smallest absolute Gasteiger partial charge is 0.416 e. The zero-order valence-electron chi connectivity index (χ0n) is 16.8. The number of ether oxygens (including phenoxy) is 1. The van der Waals surface area contributed by atoms with Crippen molar-refractivity contribution in [2.45, 2.75) is 6.18 Å². The van der Waals surface area contributed by atoms with E-state index < -0.39 is 11.7 Å². The molecule has 3 rings (SSSR count). The van der Waals surface area contributed by atoms with Crippen LogP contribution in [0.25, 0.3) is 0 Å². The second kappa shape index (κ2) is 10.5. The number of hydrogen-bond donors (Lipinski definition) is 3. The maximum Gasteiger partial charge on any atom is 0.416 e. The molecular formula is C23H20F3N3O3. The molecule has 6 nitrogen and oxygen atoms in total. The fourth-order valence-corrected chi connectivity index (χ4v) is 2.68. The molecule has 0 bridgehead atoms. The van der Waals surface area contributed by atoms with E-state index in [9.17, 15) is 22.8 Å². The summed E-state index contributed by atoms with van der Waals surface area (Å²) in [5.41, 5.74) is 0.418. The van der Waals surface area contributed by atoms with Gasteiger partial charge in [-0.05, 0) is 60.7 Å². The van der Waals surface area contributed by atoms with Gasteiger partial charge in [-0.3, -0.25) is 14.9 Å². The molecule has 166 valence electrons. The highest BCUT2D eigenvalue weighted by Gasteiger charge is 2.30. The Kier molecular flexibility index (Phi) is 7.45. The molecule has 3 N–H and O–H groups in total. The maximum absolute atomic E-state index is 12.6. The molecule has 3 aromatic rings. The van der Waals surface area contributed by atoms with Crippen LogP contribution in [0.15, 0.2) is 78.9 Å². The molecular weight excluding hydrogens is 423 g/mol. The molecule has 32 heavy (non-hydrogen) atoms. The summed E-state index contributed by atoms with van der Waals surface area (Å²) in [4.78, 5) is 23.8. The van der Waals surface area contributed by atoms with Crippen LogP contribution in [0, 0.1) is 0 Å². The number of rotatable bonds is 8. The summed E-state index contributed by atoms with van der Waals surface area (Å²) in [6, 6.07) is 19.7. The lowest BCUT2D eigenvalue weighted by molar-refractivity contribution is -0.137. The molecule has 0 fully saturated rings. The minimum Gasteiger partial charge on any atom is -0.457 e. The molecule has 0 unspecified atom stereocenters. The van der Waals surface area contributed by atoms with Crippen LogP contribution in [-0.4, -0.2) is 24.9 Å². The van der Waals surface area contributed by atoms with E-state index in [0.29, 0.717) is 17.1 Å². The Balaban J connectivity index is 1.42. The molecule has 0 radical (unpaired) electrons. The number of nitrogens with one attached hydrogen (secondary N) is 3. The Morgan fingerprint density at radius 1 is 0.688 bits per heavy atom. The summed E-state index contributed by atoms with van der Waals surface area (Å²) in [6.07, 6.45) is -4.40. The Morgan fingerprint density at radius 3 is 1.66 bits per heavy atom. The van der Waals surface area contributed by atoms with Gasteiger partial charge in [0.2, 0.25) is 11.8 Å². The van der Waals surface area contributed by atoms with E-state index >= 15 is 0 Å². The van der Waals surface area contributed by atoms with E-state index in [2.05, 4.69) is 16.0 Å². The summed E-state index contributed by atoms with van der Waals surface area (Å²) < 4.78 is 43.3. The van der Waals surface area contributed by atoms with Gasteiger partial charge in [0.25, 0.3) is 0 Å². The van der Waals surface area contributed by atoms with Gasteiger partial charge in [0.15, 0.2) is 0 Å². The van der Waals surface area contributed by atoms with Gasteiger partial charge < -0.3 is 15.4 Å². The summed E-state index contributed by atoms with van der Waals surface area (Å²) in [5, 5.41) is 8.12. The molecule has 9 heteroatoms. The minimum atomic E-state index is -4.40. The lowest BCUT2D eigenvalue weighted by Crippen LogP contribution is -2.34. The first kappa shape index (κ1) is 22.8. The van der Waals surface area contributed by atoms with Crippen molar-refractivity contribution < 1.29 is 27.5 Å². The minimum absolute atomic E-state index is 0.0256. The summed E-state index contributed by atoms with van der Waals surface area (Å²) in [6.45, 7) is -0.0891. The predicted molar refractivity (Wildman–Crippen MR) is 115 cm³/mol. The molecule has 0 heterocycles. The van der Waals surface area contributed by atoms with Crippen LogP contribution in [0.2, 0.25) is 0 Å². The second-order valence-corrected chi connectivity index (χ2v) is 6.71. The van der Waals surface area contributed by atoms with E-state index in [1.54, 1.807) is 48.5 Å². The average molecular weight is 443 g/mol. The van der Waals surface area contributed by atoms with Crippen molar-refractivity contribution in [1.29, 1.82) is 0 Å². The third-order valence-corrected chi connectivity index (χ3v) is 4.18. The van der Waals surface area contributed by atoms with Crippen LogP contribution in [0.5, 0.6) is 11.5 Å². The molecule has 0 spiro atoms. The quantitative estimate of drug-likeness (QED) is 0.473. The van der Waals surface area contributed by atoms with Gasteiger partial charge in [-0.25, -0.2) is 0 Å². The summed E-state index contributed by atoms with van der Waals surface area (Å²) in [5.74, 6) is 0.0499. The third kappa shape index (κ3) is 7.13. The first-order valence-corrected chi connectivity index (χ1v) is 9.60. The van der Waals surface area contributed by atoms with Crippen LogP contribution >= 0.6 is 0 Å².